The van der Waals surface area contributed by atoms with Crippen molar-refractivity contribution in [3.05, 3.63) is 63.6 Å². The number of aliphatic carboxylic acids is 1. The Hall–Kier alpha value is -2.62. The predicted octanol–water partition coefficient (Wildman–Crippen LogP) is 4.99. The van der Waals surface area contributed by atoms with Crippen molar-refractivity contribution in [2.75, 3.05) is 11.6 Å². The topological polar surface area (TPSA) is 105 Å². The van der Waals surface area contributed by atoms with E-state index in [1.807, 2.05) is 0 Å². The summed E-state index contributed by atoms with van der Waals surface area (Å²) in [4.78, 5) is 38.5. The molecule has 8 nitrogen and oxygen atoms in total. The van der Waals surface area contributed by atoms with Crippen LogP contribution < -0.4 is 10.1 Å². The van der Waals surface area contributed by atoms with Gasteiger partial charge in [-0.2, -0.15) is 0 Å². The van der Waals surface area contributed by atoms with Gasteiger partial charge in [0.2, 0.25) is 5.91 Å². The maximum absolute atomic E-state index is 12.9. The molecule has 1 aliphatic heterocycles. The second-order valence-electron chi connectivity index (χ2n) is 9.20. The first-order chi connectivity index (χ1) is 16.9. The van der Waals surface area contributed by atoms with Crippen LogP contribution in [0, 0.1) is 0 Å². The summed E-state index contributed by atoms with van der Waals surface area (Å²) in [6.07, 6.45) is -0.544. The van der Waals surface area contributed by atoms with E-state index in [0.717, 1.165) is 0 Å². The highest BCUT2D eigenvalue weighted by Crippen LogP contribution is 2.26. The summed E-state index contributed by atoms with van der Waals surface area (Å²) in [5.41, 5.74) is 0.657. The van der Waals surface area contributed by atoms with Crippen LogP contribution in [0.1, 0.15) is 31.9 Å². The summed E-state index contributed by atoms with van der Waals surface area (Å²) in [7, 11) is 0. The number of rotatable bonds is 8. The summed E-state index contributed by atoms with van der Waals surface area (Å²) in [5, 5.41) is 13.3. The van der Waals surface area contributed by atoms with Crippen LogP contribution >= 0.6 is 35.0 Å². The standard InChI is InChI=1S/C25H28Cl2N2O6S/c1-25(2,3)35-24(33)29-14-36-13-21(29)22(30)28-20(23(31)32)11-15-7-9-16(10-8-15)34-12-17-18(26)5-4-6-19(17)27/h4-10,20-21H,11-14H2,1-3H3,(H,28,30)(H,31,32). The third-order valence-electron chi connectivity index (χ3n) is 5.24. The smallest absolute Gasteiger partial charge is 0.411 e. The molecular formula is C25H28Cl2N2O6S. The number of halogens is 2. The number of carboxylic acids is 1. The van der Waals surface area contributed by atoms with Crippen molar-refractivity contribution in [3.8, 4) is 5.75 Å². The van der Waals surface area contributed by atoms with E-state index in [2.05, 4.69) is 5.32 Å². The van der Waals surface area contributed by atoms with Gasteiger partial charge < -0.3 is 19.9 Å². The molecule has 2 aromatic rings. The lowest BCUT2D eigenvalue weighted by Crippen LogP contribution is -2.53. The molecule has 0 saturated carbocycles. The minimum Gasteiger partial charge on any atom is -0.489 e. The van der Waals surface area contributed by atoms with Crippen molar-refractivity contribution in [2.24, 2.45) is 0 Å². The molecule has 1 fully saturated rings. The molecule has 2 N–H and O–H groups in total. The van der Waals surface area contributed by atoms with Gasteiger partial charge in [-0.1, -0.05) is 41.4 Å². The molecule has 2 atom stereocenters. The van der Waals surface area contributed by atoms with Crippen molar-refractivity contribution in [3.63, 3.8) is 0 Å². The lowest BCUT2D eigenvalue weighted by atomic mass is 10.1. The summed E-state index contributed by atoms with van der Waals surface area (Å²) in [5.74, 6) is -0.493. The number of benzene rings is 2. The lowest BCUT2D eigenvalue weighted by molar-refractivity contribution is -0.142. The molecule has 2 amide bonds. The molecule has 0 aliphatic carbocycles. The van der Waals surface area contributed by atoms with Crippen LogP contribution in [0.2, 0.25) is 10.0 Å². The summed E-state index contributed by atoms with van der Waals surface area (Å²) in [6, 6.07) is 10.1. The number of ether oxygens (including phenoxy) is 2. The Morgan fingerprint density at radius 3 is 2.36 bits per heavy atom. The summed E-state index contributed by atoms with van der Waals surface area (Å²) >= 11 is 13.7. The summed E-state index contributed by atoms with van der Waals surface area (Å²) < 4.78 is 11.1. The van der Waals surface area contributed by atoms with Crippen molar-refractivity contribution in [1.82, 2.24) is 10.2 Å². The molecule has 194 valence electrons. The number of nitrogens with one attached hydrogen (secondary N) is 1. The molecule has 1 heterocycles. The third-order valence-corrected chi connectivity index (χ3v) is 6.96. The first kappa shape index (κ1) is 28.0. The van der Waals surface area contributed by atoms with Crippen molar-refractivity contribution >= 4 is 52.9 Å². The predicted molar refractivity (Wildman–Crippen MR) is 140 cm³/mol. The second-order valence-corrected chi connectivity index (χ2v) is 11.0. The minimum absolute atomic E-state index is 0.0595. The quantitative estimate of drug-likeness (QED) is 0.473. The van der Waals surface area contributed by atoms with Gasteiger partial charge >= 0.3 is 12.1 Å². The van der Waals surface area contributed by atoms with Crippen molar-refractivity contribution < 1.29 is 29.0 Å². The van der Waals surface area contributed by atoms with E-state index < -0.39 is 35.7 Å². The normalized spacial score (nSPS) is 16.4. The van der Waals surface area contributed by atoms with Gasteiger partial charge in [-0.3, -0.25) is 9.69 Å². The molecule has 36 heavy (non-hydrogen) atoms. The number of hydrogen-bond donors (Lipinski definition) is 2. The Balaban J connectivity index is 1.60. The zero-order valence-electron chi connectivity index (χ0n) is 20.1. The van der Waals surface area contributed by atoms with Crippen LogP contribution in [0.3, 0.4) is 0 Å². The lowest BCUT2D eigenvalue weighted by Gasteiger charge is -2.28. The minimum atomic E-state index is -1.17. The van der Waals surface area contributed by atoms with Gasteiger partial charge in [0.15, 0.2) is 0 Å². The van der Waals surface area contributed by atoms with Crippen LogP contribution in [-0.4, -0.2) is 57.3 Å². The van der Waals surface area contributed by atoms with Gasteiger partial charge in [-0.25, -0.2) is 9.59 Å². The molecule has 0 radical (unpaired) electrons. The number of carbonyl (C=O) groups excluding carboxylic acids is 2. The van der Waals surface area contributed by atoms with E-state index in [9.17, 15) is 19.5 Å². The fourth-order valence-corrected chi connectivity index (χ4v) is 5.06. The highest BCUT2D eigenvalue weighted by molar-refractivity contribution is 7.99. The highest BCUT2D eigenvalue weighted by Gasteiger charge is 2.38. The van der Waals surface area contributed by atoms with Crippen LogP contribution in [-0.2, 0) is 27.4 Å². The molecular weight excluding hydrogens is 527 g/mol. The third kappa shape index (κ3) is 7.69. The first-order valence-corrected chi connectivity index (χ1v) is 13.1. The zero-order valence-corrected chi connectivity index (χ0v) is 22.5. The molecule has 0 bridgehead atoms. The van der Waals surface area contributed by atoms with Crippen LogP contribution in [0.25, 0.3) is 0 Å². The summed E-state index contributed by atoms with van der Waals surface area (Å²) in [6.45, 7) is 5.41. The average molecular weight is 555 g/mol. The van der Waals surface area contributed by atoms with E-state index in [-0.39, 0.29) is 13.0 Å². The van der Waals surface area contributed by atoms with Gasteiger partial charge in [0.1, 0.15) is 30.0 Å². The number of carboxylic acid groups (broad SMARTS) is 1. The van der Waals surface area contributed by atoms with Gasteiger partial charge in [0.25, 0.3) is 0 Å². The maximum atomic E-state index is 12.9. The number of carbonyl (C=O) groups is 3. The Kier molecular flexibility index (Phi) is 9.38. The Morgan fingerprint density at radius 1 is 1.14 bits per heavy atom. The van der Waals surface area contributed by atoms with Gasteiger partial charge in [-0.15, -0.1) is 11.8 Å². The van der Waals surface area contributed by atoms with Gasteiger partial charge in [0.05, 0.1) is 5.88 Å². The van der Waals surface area contributed by atoms with Crippen LogP contribution in [0.5, 0.6) is 5.75 Å². The van der Waals surface area contributed by atoms with E-state index in [4.69, 9.17) is 32.7 Å². The number of nitrogens with zero attached hydrogens (tertiary/aromatic N) is 1. The van der Waals surface area contributed by atoms with Crippen molar-refractivity contribution in [1.29, 1.82) is 0 Å². The molecule has 2 aromatic carbocycles. The fraction of sp³-hybridized carbons (Fsp3) is 0.400. The number of hydrogen-bond acceptors (Lipinski definition) is 6. The number of amides is 2. The van der Waals surface area contributed by atoms with Crippen molar-refractivity contribution in [2.45, 2.75) is 51.5 Å². The van der Waals surface area contributed by atoms with E-state index in [1.165, 1.54) is 16.7 Å². The molecule has 0 aromatic heterocycles. The van der Waals surface area contributed by atoms with Gasteiger partial charge in [-0.05, 0) is 50.6 Å². The maximum Gasteiger partial charge on any atom is 0.411 e. The first-order valence-electron chi connectivity index (χ1n) is 11.2. The zero-order chi connectivity index (χ0) is 26.5. The second kappa shape index (κ2) is 12.1. The monoisotopic (exact) mass is 554 g/mol. The molecule has 0 spiro atoms. The van der Waals surface area contributed by atoms with Crippen LogP contribution in [0.15, 0.2) is 42.5 Å². The number of thioether (sulfide) groups is 1. The fourth-order valence-electron chi connectivity index (χ4n) is 3.41. The van der Waals surface area contributed by atoms with Crippen LogP contribution in [0.4, 0.5) is 4.79 Å². The Labute approximate surface area is 224 Å². The van der Waals surface area contributed by atoms with E-state index in [1.54, 1.807) is 63.2 Å². The Bertz CT molecular complexity index is 1090. The highest BCUT2D eigenvalue weighted by atomic mass is 35.5. The van der Waals surface area contributed by atoms with E-state index >= 15 is 0 Å². The SMILES string of the molecule is CC(C)(C)OC(=O)N1CSCC1C(=O)NC(Cc1ccc(OCc2c(Cl)cccc2Cl)cc1)C(=O)O. The molecule has 1 saturated heterocycles. The molecule has 11 heteroatoms. The largest absolute Gasteiger partial charge is 0.489 e. The molecule has 1 aliphatic rings. The molecule has 2 unspecified atom stereocenters. The molecule has 3 rings (SSSR count). The van der Waals surface area contributed by atoms with Gasteiger partial charge in [0, 0.05) is 27.8 Å². The Morgan fingerprint density at radius 2 is 1.78 bits per heavy atom. The average Bonchev–Trinajstić information content (AvgIpc) is 3.28. The van der Waals surface area contributed by atoms with E-state index in [0.29, 0.717) is 38.6 Å².